The number of aliphatic hydroxyl groups is 1. The highest BCUT2D eigenvalue weighted by atomic mass is 16.3. The number of hydrazone groups is 1. The Labute approximate surface area is 76.4 Å². The number of fused-ring (bicyclic) bond motifs is 1. The molecule has 5 nitrogen and oxygen atoms in total. The van der Waals surface area contributed by atoms with E-state index >= 15 is 0 Å². The zero-order chi connectivity index (χ0) is 9.42. The maximum absolute atomic E-state index is 11.3. The zero-order valence-corrected chi connectivity index (χ0v) is 7.53. The second-order valence-corrected chi connectivity index (χ2v) is 3.42. The first kappa shape index (κ1) is 8.50. The fraction of sp³-hybridized carbons (Fsp3) is 0.750. The maximum atomic E-state index is 11.3. The molecule has 0 bridgehead atoms. The maximum Gasteiger partial charge on any atom is 0.262 e. The zero-order valence-electron chi connectivity index (χ0n) is 7.53. The van der Waals surface area contributed by atoms with Gasteiger partial charge < -0.3 is 10.0 Å². The van der Waals surface area contributed by atoms with Gasteiger partial charge in [-0.1, -0.05) is 6.92 Å². The average molecular weight is 183 g/mol. The summed E-state index contributed by atoms with van der Waals surface area (Å²) in [6.07, 6.45) is 0.902. The van der Waals surface area contributed by atoms with Crippen LogP contribution in [-0.2, 0) is 4.79 Å². The van der Waals surface area contributed by atoms with Crippen molar-refractivity contribution in [3.05, 3.63) is 0 Å². The number of amidine groups is 1. The molecule has 72 valence electrons. The van der Waals surface area contributed by atoms with E-state index in [0.717, 1.165) is 12.3 Å². The van der Waals surface area contributed by atoms with Crippen LogP contribution in [0.3, 0.4) is 0 Å². The molecule has 5 heteroatoms. The monoisotopic (exact) mass is 183 g/mol. The van der Waals surface area contributed by atoms with Crippen LogP contribution in [0.4, 0.5) is 0 Å². The molecule has 1 amide bonds. The van der Waals surface area contributed by atoms with Crippen molar-refractivity contribution in [2.24, 2.45) is 5.10 Å². The second kappa shape index (κ2) is 2.99. The summed E-state index contributed by atoms with van der Waals surface area (Å²) in [6.45, 7) is 2.52. The van der Waals surface area contributed by atoms with E-state index in [1.807, 2.05) is 11.8 Å². The molecule has 2 aliphatic rings. The van der Waals surface area contributed by atoms with E-state index < -0.39 is 6.10 Å². The number of hydrogen-bond acceptors (Lipinski definition) is 4. The fourth-order valence-electron chi connectivity index (χ4n) is 1.89. The third-order valence-corrected chi connectivity index (χ3v) is 2.52. The van der Waals surface area contributed by atoms with Crippen molar-refractivity contribution in [2.75, 3.05) is 6.54 Å². The highest BCUT2D eigenvalue weighted by Crippen LogP contribution is 2.21. The summed E-state index contributed by atoms with van der Waals surface area (Å²) >= 11 is 0. The lowest BCUT2D eigenvalue weighted by Crippen LogP contribution is -2.49. The molecular weight excluding hydrogens is 170 g/mol. The van der Waals surface area contributed by atoms with Gasteiger partial charge in [0.15, 0.2) is 0 Å². The first-order chi connectivity index (χ1) is 6.22. The molecule has 2 unspecified atom stereocenters. The van der Waals surface area contributed by atoms with Crippen molar-refractivity contribution in [2.45, 2.75) is 31.9 Å². The summed E-state index contributed by atoms with van der Waals surface area (Å²) in [5, 5.41) is 13.4. The van der Waals surface area contributed by atoms with Crippen molar-refractivity contribution in [3.63, 3.8) is 0 Å². The number of nitrogens with zero attached hydrogens (tertiary/aromatic N) is 2. The molecule has 2 aliphatic heterocycles. The molecule has 2 N–H and O–H groups in total. The first-order valence-electron chi connectivity index (χ1n) is 4.53. The van der Waals surface area contributed by atoms with Crippen LogP contribution in [0.1, 0.15) is 19.8 Å². The van der Waals surface area contributed by atoms with Crippen LogP contribution in [-0.4, -0.2) is 40.4 Å². The van der Waals surface area contributed by atoms with Gasteiger partial charge in [-0.25, -0.2) is 5.43 Å². The molecular formula is C8H13N3O2. The predicted octanol–water partition coefficient (Wildman–Crippen LogP) is -0.725. The third kappa shape index (κ3) is 1.29. The number of carbonyl (C=O) groups excluding carboxylic acids is 1. The number of nitrogens with one attached hydrogen (secondary N) is 1. The average Bonchev–Trinajstić information content (AvgIpc) is 2.48. The quantitative estimate of drug-likeness (QED) is 0.563. The molecule has 1 fully saturated rings. The van der Waals surface area contributed by atoms with Crippen LogP contribution in [0.25, 0.3) is 0 Å². The summed E-state index contributed by atoms with van der Waals surface area (Å²) in [7, 11) is 0. The van der Waals surface area contributed by atoms with Crippen LogP contribution in [0.15, 0.2) is 5.10 Å². The molecule has 0 spiro atoms. The van der Waals surface area contributed by atoms with Gasteiger partial charge in [-0.3, -0.25) is 4.79 Å². The molecule has 2 heterocycles. The Bertz CT molecular complexity index is 264. The fourth-order valence-corrected chi connectivity index (χ4v) is 1.89. The molecule has 2 rings (SSSR count). The summed E-state index contributed by atoms with van der Waals surface area (Å²) in [5.74, 6) is 0.759. The summed E-state index contributed by atoms with van der Waals surface area (Å²) < 4.78 is 0. The minimum Gasteiger partial charge on any atom is -0.391 e. The topological polar surface area (TPSA) is 64.9 Å². The van der Waals surface area contributed by atoms with Gasteiger partial charge in [-0.05, 0) is 0 Å². The van der Waals surface area contributed by atoms with Crippen LogP contribution in [0.2, 0.25) is 0 Å². The van der Waals surface area contributed by atoms with Crippen molar-refractivity contribution in [3.8, 4) is 0 Å². The van der Waals surface area contributed by atoms with Crippen molar-refractivity contribution in [1.29, 1.82) is 0 Å². The van der Waals surface area contributed by atoms with E-state index in [1.165, 1.54) is 0 Å². The van der Waals surface area contributed by atoms with Crippen molar-refractivity contribution >= 4 is 11.7 Å². The highest BCUT2D eigenvalue weighted by Gasteiger charge is 2.39. The van der Waals surface area contributed by atoms with Gasteiger partial charge in [0, 0.05) is 19.4 Å². The number of carbonyl (C=O) groups is 1. The van der Waals surface area contributed by atoms with Gasteiger partial charge in [-0.15, -0.1) is 0 Å². The minimum absolute atomic E-state index is 0.103. The SMILES string of the molecule is CCC1=NNC(=O)C2CC(O)CN12. The van der Waals surface area contributed by atoms with E-state index in [9.17, 15) is 9.90 Å². The van der Waals surface area contributed by atoms with Crippen LogP contribution < -0.4 is 5.43 Å². The van der Waals surface area contributed by atoms with Crippen LogP contribution >= 0.6 is 0 Å². The molecule has 2 atom stereocenters. The van der Waals surface area contributed by atoms with Gasteiger partial charge in [0.2, 0.25) is 0 Å². The standard InChI is InChI=1S/C8H13N3O2/c1-2-7-9-10-8(13)6-3-5(12)4-11(6)7/h5-6,12H,2-4H2,1H3,(H,10,13). The van der Waals surface area contributed by atoms with E-state index in [4.69, 9.17) is 0 Å². The normalized spacial score (nSPS) is 32.6. The first-order valence-corrected chi connectivity index (χ1v) is 4.53. The molecule has 0 radical (unpaired) electrons. The summed E-state index contributed by atoms with van der Waals surface area (Å²) in [5.41, 5.74) is 2.47. The second-order valence-electron chi connectivity index (χ2n) is 3.42. The van der Waals surface area contributed by atoms with Crippen molar-refractivity contribution in [1.82, 2.24) is 10.3 Å². The predicted molar refractivity (Wildman–Crippen MR) is 47.0 cm³/mol. The largest absolute Gasteiger partial charge is 0.391 e. The van der Waals surface area contributed by atoms with Crippen molar-refractivity contribution < 1.29 is 9.90 Å². The van der Waals surface area contributed by atoms with Crippen LogP contribution in [0.5, 0.6) is 0 Å². The van der Waals surface area contributed by atoms with Gasteiger partial charge in [0.25, 0.3) is 5.91 Å². The van der Waals surface area contributed by atoms with E-state index in [2.05, 4.69) is 10.5 Å². The summed E-state index contributed by atoms with van der Waals surface area (Å²) in [6, 6.07) is -0.206. The molecule has 0 saturated carbocycles. The van der Waals surface area contributed by atoms with Gasteiger partial charge >= 0.3 is 0 Å². The Hall–Kier alpha value is -1.10. The Morgan fingerprint density at radius 1 is 1.77 bits per heavy atom. The molecule has 1 saturated heterocycles. The Morgan fingerprint density at radius 2 is 2.54 bits per heavy atom. The van der Waals surface area contributed by atoms with E-state index in [1.54, 1.807) is 0 Å². The lowest BCUT2D eigenvalue weighted by atomic mass is 10.2. The number of aliphatic hydroxyl groups excluding tert-OH is 1. The van der Waals surface area contributed by atoms with Gasteiger partial charge in [0.1, 0.15) is 11.9 Å². The highest BCUT2D eigenvalue weighted by molar-refractivity contribution is 5.94. The lowest BCUT2D eigenvalue weighted by Gasteiger charge is -2.29. The Morgan fingerprint density at radius 3 is 3.23 bits per heavy atom. The minimum atomic E-state index is -0.398. The smallest absolute Gasteiger partial charge is 0.262 e. The molecule has 13 heavy (non-hydrogen) atoms. The van der Waals surface area contributed by atoms with Gasteiger partial charge in [-0.2, -0.15) is 5.10 Å². The number of hydrogen-bond donors (Lipinski definition) is 2. The number of amides is 1. The van der Waals surface area contributed by atoms with Crippen LogP contribution in [0, 0.1) is 0 Å². The molecule has 0 aliphatic carbocycles. The molecule has 0 aromatic rings. The Kier molecular flexibility index (Phi) is 1.95. The molecule has 0 aromatic carbocycles. The van der Waals surface area contributed by atoms with E-state index in [0.29, 0.717) is 13.0 Å². The Balaban J connectivity index is 2.23. The molecule has 0 aromatic heterocycles. The number of rotatable bonds is 1. The van der Waals surface area contributed by atoms with E-state index in [-0.39, 0.29) is 11.9 Å². The lowest BCUT2D eigenvalue weighted by molar-refractivity contribution is -0.125. The third-order valence-electron chi connectivity index (χ3n) is 2.52. The van der Waals surface area contributed by atoms with Gasteiger partial charge in [0.05, 0.1) is 6.10 Å². The summed E-state index contributed by atoms with van der Waals surface area (Å²) in [4.78, 5) is 13.2.